The van der Waals surface area contributed by atoms with Crippen molar-refractivity contribution in [3.8, 4) is 0 Å². The molecule has 3 N–H and O–H groups in total. The van der Waals surface area contributed by atoms with Gasteiger partial charge in [0.25, 0.3) is 0 Å². The van der Waals surface area contributed by atoms with Gasteiger partial charge in [0, 0.05) is 6.04 Å². The summed E-state index contributed by atoms with van der Waals surface area (Å²) in [4.78, 5) is 23.0. The molecule has 0 aromatic heterocycles. The smallest absolute Gasteiger partial charge is 0.337 e. The van der Waals surface area contributed by atoms with Crippen LogP contribution in [0, 0.1) is 17.7 Å². The minimum Gasteiger partial charge on any atom is -0.478 e. The lowest BCUT2D eigenvalue weighted by Gasteiger charge is -2.20. The number of anilines is 1. The van der Waals surface area contributed by atoms with E-state index < -0.39 is 17.8 Å². The molecule has 6 heteroatoms. The minimum absolute atomic E-state index is 0.0278. The van der Waals surface area contributed by atoms with Crippen LogP contribution in [0.2, 0.25) is 0 Å². The van der Waals surface area contributed by atoms with Crippen LogP contribution in [0.5, 0.6) is 0 Å². The van der Waals surface area contributed by atoms with Gasteiger partial charge in [-0.25, -0.2) is 14.0 Å². The van der Waals surface area contributed by atoms with Crippen LogP contribution >= 0.6 is 0 Å². The Hall–Kier alpha value is -2.11. The molecular formula is C15H19FN2O3. The maximum atomic E-state index is 13.7. The van der Waals surface area contributed by atoms with E-state index in [2.05, 4.69) is 24.5 Å². The molecule has 5 nitrogen and oxygen atoms in total. The number of benzene rings is 1. The first kappa shape index (κ1) is 15.3. The van der Waals surface area contributed by atoms with Crippen molar-refractivity contribution in [1.29, 1.82) is 0 Å². The van der Waals surface area contributed by atoms with E-state index >= 15 is 0 Å². The number of urea groups is 1. The first-order valence-electron chi connectivity index (χ1n) is 6.99. The van der Waals surface area contributed by atoms with E-state index in [4.69, 9.17) is 5.11 Å². The van der Waals surface area contributed by atoms with Gasteiger partial charge in [-0.1, -0.05) is 19.9 Å². The van der Waals surface area contributed by atoms with Crippen molar-refractivity contribution in [2.24, 2.45) is 11.8 Å². The van der Waals surface area contributed by atoms with E-state index in [1.165, 1.54) is 12.1 Å². The molecule has 21 heavy (non-hydrogen) atoms. The zero-order valence-corrected chi connectivity index (χ0v) is 12.0. The fraction of sp³-hybridized carbons (Fsp3) is 0.467. The molecule has 3 atom stereocenters. The van der Waals surface area contributed by atoms with E-state index in [1.54, 1.807) is 0 Å². The van der Waals surface area contributed by atoms with Crippen LogP contribution in [0.25, 0.3) is 0 Å². The van der Waals surface area contributed by atoms with Crippen LogP contribution in [0.15, 0.2) is 18.2 Å². The zero-order valence-electron chi connectivity index (χ0n) is 12.0. The van der Waals surface area contributed by atoms with Crippen molar-refractivity contribution in [2.75, 3.05) is 5.32 Å². The Morgan fingerprint density at radius 3 is 2.57 bits per heavy atom. The topological polar surface area (TPSA) is 78.4 Å². The van der Waals surface area contributed by atoms with Crippen LogP contribution in [0.1, 0.15) is 37.0 Å². The lowest BCUT2D eigenvalue weighted by atomic mass is 9.98. The molecule has 0 spiro atoms. The van der Waals surface area contributed by atoms with Crippen molar-refractivity contribution in [3.63, 3.8) is 0 Å². The molecule has 2 amide bonds. The largest absolute Gasteiger partial charge is 0.478 e. The third-order valence-electron chi connectivity index (χ3n) is 4.26. The van der Waals surface area contributed by atoms with Gasteiger partial charge in [0.1, 0.15) is 5.82 Å². The maximum absolute atomic E-state index is 13.7. The summed E-state index contributed by atoms with van der Waals surface area (Å²) in [7, 11) is 0. The molecule has 1 aromatic carbocycles. The molecule has 1 aliphatic rings. The highest BCUT2D eigenvalue weighted by molar-refractivity contribution is 6.00. The summed E-state index contributed by atoms with van der Waals surface area (Å²) in [5.41, 5.74) is -0.570. The number of rotatable bonds is 3. The molecule has 1 fully saturated rings. The SMILES string of the molecule is CC1CCC(NC(=O)Nc2c(F)cccc2C(=O)O)C1C. The second-order valence-electron chi connectivity index (χ2n) is 5.59. The molecule has 2 rings (SSSR count). The number of amides is 2. The quantitative estimate of drug-likeness (QED) is 0.801. The lowest BCUT2D eigenvalue weighted by molar-refractivity contribution is 0.0697. The summed E-state index contributed by atoms with van der Waals surface area (Å²) >= 11 is 0. The molecule has 1 aliphatic carbocycles. The van der Waals surface area contributed by atoms with Gasteiger partial charge in [0.05, 0.1) is 11.3 Å². The third-order valence-corrected chi connectivity index (χ3v) is 4.26. The Morgan fingerprint density at radius 1 is 1.29 bits per heavy atom. The highest BCUT2D eigenvalue weighted by Gasteiger charge is 2.31. The maximum Gasteiger partial charge on any atom is 0.337 e. The van der Waals surface area contributed by atoms with E-state index in [0.29, 0.717) is 11.8 Å². The molecule has 0 aliphatic heterocycles. The fourth-order valence-electron chi connectivity index (χ4n) is 2.72. The Balaban J connectivity index is 2.08. The standard InChI is InChI=1S/C15H19FN2O3/c1-8-6-7-12(9(8)2)17-15(21)18-13-10(14(19)20)4-3-5-11(13)16/h3-5,8-9,12H,6-7H2,1-2H3,(H,19,20)(H2,17,18,21). The number of aromatic carboxylic acids is 1. The fourth-order valence-corrected chi connectivity index (χ4v) is 2.72. The highest BCUT2D eigenvalue weighted by atomic mass is 19.1. The van der Waals surface area contributed by atoms with Gasteiger partial charge in [-0.05, 0) is 36.8 Å². The summed E-state index contributed by atoms with van der Waals surface area (Å²) in [5.74, 6) is -1.18. The van der Waals surface area contributed by atoms with Crippen molar-refractivity contribution >= 4 is 17.7 Å². The number of halogens is 1. The van der Waals surface area contributed by atoms with Gasteiger partial charge >= 0.3 is 12.0 Å². The zero-order chi connectivity index (χ0) is 15.6. The molecule has 3 unspecified atom stereocenters. The van der Waals surface area contributed by atoms with Gasteiger partial charge < -0.3 is 15.7 Å². The van der Waals surface area contributed by atoms with Crippen LogP contribution < -0.4 is 10.6 Å². The van der Waals surface area contributed by atoms with Crippen molar-refractivity contribution < 1.29 is 19.1 Å². The molecule has 114 valence electrons. The molecule has 0 heterocycles. The Morgan fingerprint density at radius 2 is 2.00 bits per heavy atom. The lowest BCUT2D eigenvalue weighted by Crippen LogP contribution is -2.40. The predicted molar refractivity (Wildman–Crippen MR) is 76.9 cm³/mol. The van der Waals surface area contributed by atoms with Gasteiger partial charge in [-0.2, -0.15) is 0 Å². The van der Waals surface area contributed by atoms with E-state index in [-0.39, 0.29) is 17.3 Å². The Labute approximate surface area is 122 Å². The summed E-state index contributed by atoms with van der Waals surface area (Å²) in [5, 5.41) is 14.1. The number of nitrogens with one attached hydrogen (secondary N) is 2. The second-order valence-corrected chi connectivity index (χ2v) is 5.59. The minimum atomic E-state index is -1.28. The van der Waals surface area contributed by atoms with Crippen LogP contribution in [-0.4, -0.2) is 23.1 Å². The average molecular weight is 294 g/mol. The van der Waals surface area contributed by atoms with Crippen LogP contribution in [0.4, 0.5) is 14.9 Å². The highest BCUT2D eigenvalue weighted by Crippen LogP contribution is 2.31. The Bertz CT molecular complexity index is 562. The van der Waals surface area contributed by atoms with Crippen LogP contribution in [-0.2, 0) is 0 Å². The van der Waals surface area contributed by atoms with Crippen molar-refractivity contribution in [3.05, 3.63) is 29.6 Å². The van der Waals surface area contributed by atoms with Gasteiger partial charge in [-0.3, -0.25) is 0 Å². The summed E-state index contributed by atoms with van der Waals surface area (Å²) in [6.45, 7) is 4.19. The summed E-state index contributed by atoms with van der Waals surface area (Å²) in [6, 6.07) is 3.11. The number of carbonyl (C=O) groups is 2. The first-order valence-corrected chi connectivity index (χ1v) is 6.99. The van der Waals surface area contributed by atoms with Gasteiger partial charge in [0.2, 0.25) is 0 Å². The Kier molecular flexibility index (Phi) is 4.45. The monoisotopic (exact) mass is 294 g/mol. The van der Waals surface area contributed by atoms with Crippen LogP contribution in [0.3, 0.4) is 0 Å². The van der Waals surface area contributed by atoms with E-state index in [0.717, 1.165) is 18.9 Å². The van der Waals surface area contributed by atoms with E-state index in [9.17, 15) is 14.0 Å². The van der Waals surface area contributed by atoms with E-state index in [1.807, 2.05) is 0 Å². The number of carbonyl (C=O) groups excluding carboxylic acids is 1. The van der Waals surface area contributed by atoms with Gasteiger partial charge in [0.15, 0.2) is 0 Å². The normalized spacial score (nSPS) is 24.6. The third kappa shape index (κ3) is 3.32. The first-order chi connectivity index (χ1) is 9.90. The number of para-hydroxylation sites is 1. The number of hydrogen-bond donors (Lipinski definition) is 3. The van der Waals surface area contributed by atoms with Gasteiger partial charge in [-0.15, -0.1) is 0 Å². The number of carboxylic acids is 1. The molecule has 0 radical (unpaired) electrons. The summed E-state index contributed by atoms with van der Waals surface area (Å²) < 4.78 is 13.7. The average Bonchev–Trinajstić information content (AvgIpc) is 2.73. The van der Waals surface area contributed by atoms with Crippen molar-refractivity contribution in [1.82, 2.24) is 5.32 Å². The van der Waals surface area contributed by atoms with Crippen molar-refractivity contribution in [2.45, 2.75) is 32.7 Å². The number of hydrogen-bond acceptors (Lipinski definition) is 2. The second kappa shape index (κ2) is 6.11. The number of carboxylic acid groups (broad SMARTS) is 1. The molecule has 0 bridgehead atoms. The summed E-state index contributed by atoms with van der Waals surface area (Å²) in [6.07, 6.45) is 1.91. The molecule has 1 aromatic rings. The molecule has 1 saturated carbocycles. The molecule has 0 saturated heterocycles. The predicted octanol–water partition coefficient (Wildman–Crippen LogP) is 3.08. The molecular weight excluding hydrogens is 275 g/mol.